The fourth-order valence-electron chi connectivity index (χ4n) is 3.15. The summed E-state index contributed by atoms with van der Waals surface area (Å²) in [7, 11) is 0. The molecule has 4 heteroatoms. The van der Waals surface area contributed by atoms with Gasteiger partial charge in [-0.15, -0.1) is 0 Å². The van der Waals surface area contributed by atoms with Gasteiger partial charge in [0.2, 0.25) is 0 Å². The first-order valence-electron chi connectivity index (χ1n) is 7.44. The molecule has 2 aromatic heterocycles. The molecule has 3 rings (SSSR count). The molecule has 0 spiro atoms. The Balaban J connectivity index is 1.91. The van der Waals surface area contributed by atoms with Gasteiger partial charge in [-0.25, -0.2) is 0 Å². The monoisotopic (exact) mass is 271 g/mol. The predicted octanol–water partition coefficient (Wildman–Crippen LogP) is 2.84. The van der Waals surface area contributed by atoms with Crippen molar-refractivity contribution in [1.82, 2.24) is 14.8 Å². The number of aliphatic hydroxyl groups excluding tert-OH is 1. The third kappa shape index (κ3) is 2.36. The minimum atomic E-state index is -0.516. The van der Waals surface area contributed by atoms with E-state index >= 15 is 0 Å². The first kappa shape index (κ1) is 13.3. The fraction of sp³-hybridized carbons (Fsp3) is 0.500. The van der Waals surface area contributed by atoms with Crippen LogP contribution in [0.4, 0.5) is 0 Å². The number of hydrogen-bond donors (Lipinski definition) is 1. The normalized spacial score (nSPS) is 19.6. The molecule has 0 saturated carbocycles. The van der Waals surface area contributed by atoms with Gasteiger partial charge >= 0.3 is 0 Å². The zero-order valence-electron chi connectivity index (χ0n) is 11.9. The molecule has 106 valence electrons. The summed E-state index contributed by atoms with van der Waals surface area (Å²) >= 11 is 0. The first-order valence-corrected chi connectivity index (χ1v) is 7.44. The van der Waals surface area contributed by atoms with E-state index in [1.165, 1.54) is 5.56 Å². The van der Waals surface area contributed by atoms with E-state index in [1.807, 2.05) is 23.0 Å². The third-order valence-electron chi connectivity index (χ3n) is 4.11. The van der Waals surface area contributed by atoms with Gasteiger partial charge in [0.25, 0.3) is 0 Å². The van der Waals surface area contributed by atoms with Crippen LogP contribution in [0.1, 0.15) is 55.2 Å². The number of aromatic nitrogens is 3. The average Bonchev–Trinajstić information content (AvgIpc) is 2.94. The summed E-state index contributed by atoms with van der Waals surface area (Å²) < 4.78 is 1.92. The largest absolute Gasteiger partial charge is 0.386 e. The van der Waals surface area contributed by atoms with Gasteiger partial charge in [-0.05, 0) is 43.4 Å². The van der Waals surface area contributed by atoms with Gasteiger partial charge in [0, 0.05) is 30.6 Å². The Kier molecular flexibility index (Phi) is 3.83. The van der Waals surface area contributed by atoms with E-state index < -0.39 is 6.10 Å². The molecule has 0 aromatic carbocycles. The molecule has 0 radical (unpaired) electrons. The number of hydrogen-bond acceptors (Lipinski definition) is 3. The molecule has 0 saturated heterocycles. The summed E-state index contributed by atoms with van der Waals surface area (Å²) in [6, 6.07) is 6.04. The summed E-state index contributed by atoms with van der Waals surface area (Å²) in [5.41, 5.74) is 3.26. The maximum absolute atomic E-state index is 10.8. The van der Waals surface area contributed by atoms with E-state index in [0.717, 1.165) is 43.6 Å². The zero-order valence-corrected chi connectivity index (χ0v) is 11.9. The third-order valence-corrected chi connectivity index (χ3v) is 4.11. The molecule has 2 aromatic rings. The van der Waals surface area contributed by atoms with E-state index in [4.69, 9.17) is 0 Å². The van der Waals surface area contributed by atoms with Crippen LogP contribution in [0.25, 0.3) is 0 Å². The average molecular weight is 271 g/mol. The minimum absolute atomic E-state index is 0.0901. The number of rotatable bonds is 4. The molecule has 0 bridgehead atoms. The van der Waals surface area contributed by atoms with Crippen LogP contribution in [0.3, 0.4) is 0 Å². The van der Waals surface area contributed by atoms with Crippen LogP contribution in [0.15, 0.2) is 30.6 Å². The highest BCUT2D eigenvalue weighted by Gasteiger charge is 2.30. The van der Waals surface area contributed by atoms with Crippen LogP contribution >= 0.6 is 0 Å². The summed E-state index contributed by atoms with van der Waals surface area (Å²) in [6.45, 7) is 2.97. The van der Waals surface area contributed by atoms with Crippen LogP contribution in [0, 0.1) is 0 Å². The second kappa shape index (κ2) is 5.75. The van der Waals surface area contributed by atoms with Crippen molar-refractivity contribution in [3.8, 4) is 0 Å². The van der Waals surface area contributed by atoms with Crippen molar-refractivity contribution in [2.45, 2.75) is 51.2 Å². The minimum Gasteiger partial charge on any atom is -0.386 e. The Morgan fingerprint density at radius 1 is 1.40 bits per heavy atom. The van der Waals surface area contributed by atoms with E-state index in [9.17, 15) is 5.11 Å². The fourth-order valence-corrected chi connectivity index (χ4v) is 3.15. The van der Waals surface area contributed by atoms with E-state index in [2.05, 4.69) is 23.1 Å². The van der Waals surface area contributed by atoms with Crippen molar-refractivity contribution in [3.05, 3.63) is 47.5 Å². The quantitative estimate of drug-likeness (QED) is 0.930. The Morgan fingerprint density at radius 2 is 2.30 bits per heavy atom. The Hall–Kier alpha value is -1.68. The predicted molar refractivity (Wildman–Crippen MR) is 77.4 cm³/mol. The maximum Gasteiger partial charge on any atom is 0.104 e. The SMILES string of the molecule is CCCn1nccc1C(O)C1CCCc2cccnc21. The molecule has 1 aliphatic rings. The van der Waals surface area contributed by atoms with Gasteiger partial charge in [-0.3, -0.25) is 9.67 Å². The van der Waals surface area contributed by atoms with Gasteiger partial charge in [-0.1, -0.05) is 13.0 Å². The number of fused-ring (bicyclic) bond motifs is 1. The topological polar surface area (TPSA) is 50.9 Å². The lowest BCUT2D eigenvalue weighted by Crippen LogP contribution is -2.21. The van der Waals surface area contributed by atoms with Gasteiger partial charge in [-0.2, -0.15) is 5.10 Å². The highest BCUT2D eigenvalue weighted by molar-refractivity contribution is 5.28. The summed E-state index contributed by atoms with van der Waals surface area (Å²) in [5, 5.41) is 15.1. The zero-order chi connectivity index (χ0) is 13.9. The molecule has 2 atom stereocenters. The lowest BCUT2D eigenvalue weighted by Gasteiger charge is -2.28. The van der Waals surface area contributed by atoms with Crippen LogP contribution in [0.5, 0.6) is 0 Å². The molecule has 1 aliphatic carbocycles. The number of nitrogens with zero attached hydrogens (tertiary/aromatic N) is 3. The van der Waals surface area contributed by atoms with Crippen LogP contribution in [0.2, 0.25) is 0 Å². The van der Waals surface area contributed by atoms with Crippen molar-refractivity contribution in [3.63, 3.8) is 0 Å². The second-order valence-electron chi connectivity index (χ2n) is 5.47. The number of aliphatic hydroxyl groups is 1. The molecule has 20 heavy (non-hydrogen) atoms. The molecule has 0 amide bonds. The number of aryl methyl sites for hydroxylation is 2. The molecule has 1 N–H and O–H groups in total. The van der Waals surface area contributed by atoms with Crippen molar-refractivity contribution in [1.29, 1.82) is 0 Å². The van der Waals surface area contributed by atoms with Crippen LogP contribution in [-0.2, 0) is 13.0 Å². The van der Waals surface area contributed by atoms with Gasteiger partial charge in [0.15, 0.2) is 0 Å². The Morgan fingerprint density at radius 3 is 3.15 bits per heavy atom. The smallest absolute Gasteiger partial charge is 0.104 e. The summed E-state index contributed by atoms with van der Waals surface area (Å²) in [5.74, 6) is 0.0901. The van der Waals surface area contributed by atoms with Crippen molar-refractivity contribution in [2.75, 3.05) is 0 Å². The summed E-state index contributed by atoms with van der Waals surface area (Å²) in [6.07, 6.45) is 7.27. The maximum atomic E-state index is 10.8. The Bertz CT molecular complexity index is 579. The van der Waals surface area contributed by atoms with E-state index in [0.29, 0.717) is 0 Å². The second-order valence-corrected chi connectivity index (χ2v) is 5.47. The van der Waals surface area contributed by atoms with Crippen LogP contribution < -0.4 is 0 Å². The Labute approximate surface area is 119 Å². The molecular weight excluding hydrogens is 250 g/mol. The van der Waals surface area contributed by atoms with Gasteiger partial charge < -0.3 is 5.11 Å². The molecule has 0 fully saturated rings. The van der Waals surface area contributed by atoms with Crippen molar-refractivity contribution in [2.24, 2.45) is 0 Å². The van der Waals surface area contributed by atoms with E-state index in [-0.39, 0.29) is 5.92 Å². The standard InChI is InChI=1S/C16H21N3O/c1-2-11-19-14(8-10-18-19)16(20)13-7-3-5-12-6-4-9-17-15(12)13/h4,6,8-10,13,16,20H,2-3,5,7,11H2,1H3. The molecule has 4 nitrogen and oxygen atoms in total. The van der Waals surface area contributed by atoms with Gasteiger partial charge in [0.1, 0.15) is 6.10 Å². The summed E-state index contributed by atoms with van der Waals surface area (Å²) in [4.78, 5) is 4.52. The first-order chi connectivity index (χ1) is 9.81. The highest BCUT2D eigenvalue weighted by Crippen LogP contribution is 2.38. The van der Waals surface area contributed by atoms with Crippen molar-refractivity contribution >= 4 is 0 Å². The lowest BCUT2D eigenvalue weighted by molar-refractivity contribution is 0.124. The van der Waals surface area contributed by atoms with Crippen molar-refractivity contribution < 1.29 is 5.11 Å². The number of pyridine rings is 1. The van der Waals surface area contributed by atoms with Crippen LogP contribution in [-0.4, -0.2) is 19.9 Å². The lowest BCUT2D eigenvalue weighted by atomic mass is 9.82. The van der Waals surface area contributed by atoms with Gasteiger partial charge in [0.05, 0.1) is 5.69 Å². The highest BCUT2D eigenvalue weighted by atomic mass is 16.3. The van der Waals surface area contributed by atoms with E-state index in [1.54, 1.807) is 6.20 Å². The molecular formula is C16H21N3O. The molecule has 2 heterocycles. The molecule has 2 unspecified atom stereocenters. The molecule has 0 aliphatic heterocycles.